The Morgan fingerprint density at radius 3 is 2.63 bits per heavy atom. The molecule has 0 aliphatic carbocycles. The number of rotatable bonds is 7. The van der Waals surface area contributed by atoms with Crippen LogP contribution in [0.3, 0.4) is 0 Å². The van der Waals surface area contributed by atoms with Gasteiger partial charge in [0, 0.05) is 24.4 Å². The summed E-state index contributed by atoms with van der Waals surface area (Å²) in [6.07, 6.45) is 1.62. The van der Waals surface area contributed by atoms with Gasteiger partial charge in [-0.15, -0.1) is 0 Å². The number of halogens is 1. The molecule has 0 spiro atoms. The van der Waals surface area contributed by atoms with Gasteiger partial charge in [-0.25, -0.2) is 9.37 Å². The van der Waals surface area contributed by atoms with E-state index in [0.29, 0.717) is 12.5 Å². The molecule has 27 heavy (non-hydrogen) atoms. The maximum atomic E-state index is 13.7. The van der Waals surface area contributed by atoms with Crippen LogP contribution in [0.5, 0.6) is 11.6 Å². The molecule has 0 unspecified atom stereocenters. The van der Waals surface area contributed by atoms with Crippen molar-refractivity contribution in [3.05, 3.63) is 89.4 Å². The van der Waals surface area contributed by atoms with Gasteiger partial charge >= 0.3 is 0 Å². The number of benzene rings is 2. The highest BCUT2D eigenvalue weighted by Crippen LogP contribution is 2.18. The summed E-state index contributed by atoms with van der Waals surface area (Å²) in [6.45, 7) is 0.686. The Hall–Kier alpha value is -3.41. The Morgan fingerprint density at radius 2 is 1.89 bits per heavy atom. The van der Waals surface area contributed by atoms with Gasteiger partial charge in [0.2, 0.25) is 5.88 Å². The maximum absolute atomic E-state index is 13.7. The summed E-state index contributed by atoms with van der Waals surface area (Å²) >= 11 is 0. The third-order valence-electron chi connectivity index (χ3n) is 3.90. The molecule has 1 aromatic heterocycles. The first-order valence-corrected chi connectivity index (χ1v) is 8.39. The summed E-state index contributed by atoms with van der Waals surface area (Å²) in [5.74, 6) is -0.382. The Kier molecular flexibility index (Phi) is 5.99. The van der Waals surface area contributed by atoms with Crippen LogP contribution in [0.2, 0.25) is 0 Å². The summed E-state index contributed by atoms with van der Waals surface area (Å²) in [5, 5.41) is 2.75. The fourth-order valence-electron chi connectivity index (χ4n) is 2.46. The van der Waals surface area contributed by atoms with Gasteiger partial charge < -0.3 is 14.8 Å². The van der Waals surface area contributed by atoms with Crippen LogP contribution < -0.4 is 14.8 Å². The lowest BCUT2D eigenvalue weighted by Crippen LogP contribution is -2.23. The molecule has 1 heterocycles. The highest BCUT2D eigenvalue weighted by molar-refractivity contribution is 5.94. The number of nitrogens with zero attached hydrogens (tertiary/aromatic N) is 1. The number of carbonyl (C=O) groups excluding carboxylic acids is 1. The molecular formula is C21H19FN2O3. The van der Waals surface area contributed by atoms with Crippen molar-refractivity contribution in [2.24, 2.45) is 0 Å². The topological polar surface area (TPSA) is 60.5 Å². The standard InChI is InChI=1S/C21H19FN2O3/c1-26-19-8-7-17(12-18(19)22)21(25)24-13-16-9-10-23-20(11-16)27-14-15-5-3-2-4-6-15/h2-12H,13-14H2,1H3,(H,24,25). The SMILES string of the molecule is COc1ccc(C(=O)NCc2ccnc(OCc3ccccc3)c2)cc1F. The second kappa shape index (κ2) is 8.80. The summed E-state index contributed by atoms with van der Waals surface area (Å²) in [6, 6.07) is 17.4. The number of methoxy groups -OCH3 is 1. The van der Waals surface area contributed by atoms with Crippen molar-refractivity contribution in [3.8, 4) is 11.6 Å². The van der Waals surface area contributed by atoms with E-state index in [2.05, 4.69) is 10.3 Å². The summed E-state index contributed by atoms with van der Waals surface area (Å²) in [5.41, 5.74) is 2.10. The first-order chi connectivity index (χ1) is 13.2. The molecule has 0 saturated carbocycles. The minimum Gasteiger partial charge on any atom is -0.494 e. The zero-order valence-electron chi connectivity index (χ0n) is 14.8. The molecule has 2 aromatic carbocycles. The lowest BCUT2D eigenvalue weighted by Gasteiger charge is -2.09. The third kappa shape index (κ3) is 5.04. The quantitative estimate of drug-likeness (QED) is 0.692. The average Bonchev–Trinajstić information content (AvgIpc) is 2.71. The molecule has 3 rings (SSSR count). The summed E-state index contributed by atoms with van der Waals surface area (Å²) in [7, 11) is 1.37. The average molecular weight is 366 g/mol. The van der Waals surface area contributed by atoms with Gasteiger partial charge in [0.05, 0.1) is 7.11 Å². The third-order valence-corrected chi connectivity index (χ3v) is 3.90. The highest BCUT2D eigenvalue weighted by atomic mass is 19.1. The molecule has 0 aliphatic rings. The van der Waals surface area contributed by atoms with E-state index in [1.54, 1.807) is 18.3 Å². The minimum atomic E-state index is -0.578. The molecule has 6 heteroatoms. The Morgan fingerprint density at radius 1 is 1.07 bits per heavy atom. The van der Waals surface area contributed by atoms with Gasteiger partial charge in [0.25, 0.3) is 5.91 Å². The van der Waals surface area contributed by atoms with E-state index >= 15 is 0 Å². The van der Waals surface area contributed by atoms with Crippen LogP contribution in [0.1, 0.15) is 21.5 Å². The van der Waals surface area contributed by atoms with Crippen molar-refractivity contribution >= 4 is 5.91 Å². The molecule has 3 aromatic rings. The van der Waals surface area contributed by atoms with Crippen LogP contribution in [-0.4, -0.2) is 18.0 Å². The van der Waals surface area contributed by atoms with Crippen LogP contribution >= 0.6 is 0 Å². The van der Waals surface area contributed by atoms with Gasteiger partial charge in [-0.2, -0.15) is 0 Å². The molecular weight excluding hydrogens is 347 g/mol. The van der Waals surface area contributed by atoms with Crippen molar-refractivity contribution in [1.29, 1.82) is 0 Å². The van der Waals surface area contributed by atoms with Gasteiger partial charge in [0.1, 0.15) is 6.61 Å². The second-order valence-corrected chi connectivity index (χ2v) is 5.81. The number of hydrogen-bond donors (Lipinski definition) is 1. The van der Waals surface area contributed by atoms with Crippen LogP contribution in [0, 0.1) is 5.82 Å². The highest BCUT2D eigenvalue weighted by Gasteiger charge is 2.10. The first kappa shape index (κ1) is 18.4. The molecule has 0 radical (unpaired) electrons. The Bertz CT molecular complexity index is 916. The van der Waals surface area contributed by atoms with Crippen LogP contribution in [0.4, 0.5) is 4.39 Å². The van der Waals surface area contributed by atoms with Crippen molar-refractivity contribution < 1.29 is 18.7 Å². The van der Waals surface area contributed by atoms with Crippen molar-refractivity contribution in [3.63, 3.8) is 0 Å². The number of nitrogens with one attached hydrogen (secondary N) is 1. The fraction of sp³-hybridized carbons (Fsp3) is 0.143. The van der Waals surface area contributed by atoms with Crippen LogP contribution in [-0.2, 0) is 13.2 Å². The Balaban J connectivity index is 1.57. The van der Waals surface area contributed by atoms with E-state index in [1.165, 1.54) is 19.2 Å². The first-order valence-electron chi connectivity index (χ1n) is 8.39. The van der Waals surface area contributed by atoms with Crippen LogP contribution in [0.15, 0.2) is 66.9 Å². The van der Waals surface area contributed by atoms with Gasteiger partial charge in [-0.1, -0.05) is 30.3 Å². The van der Waals surface area contributed by atoms with E-state index in [0.717, 1.165) is 17.2 Å². The minimum absolute atomic E-state index is 0.0980. The molecule has 0 saturated heterocycles. The summed E-state index contributed by atoms with van der Waals surface area (Å²) < 4.78 is 24.2. The van der Waals surface area contributed by atoms with E-state index < -0.39 is 5.82 Å². The number of hydrogen-bond acceptors (Lipinski definition) is 4. The lowest BCUT2D eigenvalue weighted by molar-refractivity contribution is 0.0950. The smallest absolute Gasteiger partial charge is 0.251 e. The molecule has 1 N–H and O–H groups in total. The van der Waals surface area contributed by atoms with Crippen molar-refractivity contribution in [2.45, 2.75) is 13.2 Å². The second-order valence-electron chi connectivity index (χ2n) is 5.81. The van der Waals surface area contributed by atoms with E-state index in [-0.39, 0.29) is 23.8 Å². The molecule has 0 fully saturated rings. The van der Waals surface area contributed by atoms with Gasteiger partial charge in [-0.05, 0) is 35.4 Å². The molecule has 0 bridgehead atoms. The largest absolute Gasteiger partial charge is 0.494 e. The fourth-order valence-corrected chi connectivity index (χ4v) is 2.46. The van der Waals surface area contributed by atoms with Gasteiger partial charge in [-0.3, -0.25) is 4.79 Å². The van der Waals surface area contributed by atoms with Crippen molar-refractivity contribution in [1.82, 2.24) is 10.3 Å². The number of aromatic nitrogens is 1. The maximum Gasteiger partial charge on any atom is 0.251 e. The molecule has 0 aliphatic heterocycles. The predicted octanol–water partition coefficient (Wildman–Crippen LogP) is 3.74. The molecule has 1 amide bonds. The zero-order valence-corrected chi connectivity index (χ0v) is 14.8. The monoisotopic (exact) mass is 366 g/mol. The zero-order chi connectivity index (χ0) is 19.1. The molecule has 0 atom stereocenters. The van der Waals surface area contributed by atoms with E-state index in [1.807, 2.05) is 30.3 Å². The normalized spacial score (nSPS) is 10.3. The number of carbonyl (C=O) groups is 1. The van der Waals surface area contributed by atoms with Crippen molar-refractivity contribution in [2.75, 3.05) is 7.11 Å². The van der Waals surface area contributed by atoms with Crippen LogP contribution in [0.25, 0.3) is 0 Å². The molecule has 138 valence electrons. The van der Waals surface area contributed by atoms with E-state index in [9.17, 15) is 9.18 Å². The predicted molar refractivity (Wildman–Crippen MR) is 99.1 cm³/mol. The number of ether oxygens (including phenoxy) is 2. The van der Waals surface area contributed by atoms with E-state index in [4.69, 9.17) is 9.47 Å². The number of amides is 1. The summed E-state index contributed by atoms with van der Waals surface area (Å²) in [4.78, 5) is 16.4. The number of pyridine rings is 1. The lowest BCUT2D eigenvalue weighted by atomic mass is 10.2. The van der Waals surface area contributed by atoms with Gasteiger partial charge in [0.15, 0.2) is 11.6 Å². The molecule has 5 nitrogen and oxygen atoms in total. The Labute approximate surface area is 156 Å².